The van der Waals surface area contributed by atoms with Gasteiger partial charge in [0.05, 0.1) is 25.7 Å². The lowest BCUT2D eigenvalue weighted by atomic mass is 10.1. The number of carbonyl (C=O) groups is 2. The molecule has 0 bridgehead atoms. The molecule has 23 heavy (non-hydrogen) atoms. The molecule has 0 spiro atoms. The summed E-state index contributed by atoms with van der Waals surface area (Å²) in [6, 6.07) is 6.01. The summed E-state index contributed by atoms with van der Waals surface area (Å²) in [7, 11) is 1.70. The fourth-order valence-electron chi connectivity index (χ4n) is 2.63. The zero-order chi connectivity index (χ0) is 16.8. The molecule has 7 heteroatoms. The predicted octanol–water partition coefficient (Wildman–Crippen LogP) is 0.612. The Morgan fingerprint density at radius 2 is 2.26 bits per heavy atom. The molecular formula is C16H21FN2O4. The van der Waals surface area contributed by atoms with Gasteiger partial charge in [0.2, 0.25) is 5.91 Å². The van der Waals surface area contributed by atoms with Crippen molar-refractivity contribution >= 4 is 11.9 Å². The number of carbonyl (C=O) groups excluding carboxylic acids is 1. The molecule has 1 aromatic rings. The van der Waals surface area contributed by atoms with Crippen molar-refractivity contribution < 1.29 is 23.8 Å². The molecule has 6 nitrogen and oxygen atoms in total. The molecule has 1 atom stereocenters. The average molecular weight is 324 g/mol. The highest BCUT2D eigenvalue weighted by atomic mass is 19.1. The van der Waals surface area contributed by atoms with Gasteiger partial charge >= 0.3 is 5.97 Å². The summed E-state index contributed by atoms with van der Waals surface area (Å²) in [6.07, 6.45) is -0.0697. The second-order valence-electron chi connectivity index (χ2n) is 5.73. The number of likely N-dealkylation sites (N-methyl/N-ethyl adjacent to an activating group) is 1. The van der Waals surface area contributed by atoms with Crippen molar-refractivity contribution in [2.24, 2.45) is 0 Å². The van der Waals surface area contributed by atoms with Crippen LogP contribution in [0.1, 0.15) is 5.56 Å². The molecule has 0 aromatic heterocycles. The van der Waals surface area contributed by atoms with E-state index in [9.17, 15) is 14.0 Å². The predicted molar refractivity (Wildman–Crippen MR) is 81.6 cm³/mol. The maximum Gasteiger partial charge on any atom is 0.317 e. The van der Waals surface area contributed by atoms with E-state index in [4.69, 9.17) is 9.84 Å². The van der Waals surface area contributed by atoms with E-state index in [0.29, 0.717) is 31.8 Å². The van der Waals surface area contributed by atoms with E-state index in [2.05, 4.69) is 0 Å². The summed E-state index contributed by atoms with van der Waals surface area (Å²) in [5.74, 6) is -1.34. The fraction of sp³-hybridized carbons (Fsp3) is 0.500. The number of aliphatic carboxylic acids is 1. The van der Waals surface area contributed by atoms with Crippen LogP contribution >= 0.6 is 0 Å². The van der Waals surface area contributed by atoms with Crippen LogP contribution in [-0.2, 0) is 20.7 Å². The van der Waals surface area contributed by atoms with Crippen LogP contribution in [0.25, 0.3) is 0 Å². The molecule has 1 amide bonds. The van der Waals surface area contributed by atoms with E-state index in [1.54, 1.807) is 29.0 Å². The van der Waals surface area contributed by atoms with E-state index in [1.165, 1.54) is 12.1 Å². The van der Waals surface area contributed by atoms with Gasteiger partial charge < -0.3 is 14.7 Å². The van der Waals surface area contributed by atoms with Gasteiger partial charge in [0.25, 0.3) is 0 Å². The number of morpholine rings is 1. The maximum absolute atomic E-state index is 13.2. The molecule has 0 radical (unpaired) electrons. The lowest BCUT2D eigenvalue weighted by molar-refractivity contribution is -0.142. The van der Waals surface area contributed by atoms with Gasteiger partial charge in [-0.15, -0.1) is 0 Å². The number of carboxylic acids is 1. The van der Waals surface area contributed by atoms with Gasteiger partial charge in [0.15, 0.2) is 0 Å². The Bertz CT molecular complexity index is 567. The summed E-state index contributed by atoms with van der Waals surface area (Å²) in [4.78, 5) is 26.3. The highest BCUT2D eigenvalue weighted by Crippen LogP contribution is 2.11. The van der Waals surface area contributed by atoms with Crippen LogP contribution in [0.5, 0.6) is 0 Å². The van der Waals surface area contributed by atoms with Crippen molar-refractivity contribution in [3.8, 4) is 0 Å². The number of hydrogen-bond acceptors (Lipinski definition) is 4. The molecule has 126 valence electrons. The zero-order valence-corrected chi connectivity index (χ0v) is 13.1. The summed E-state index contributed by atoms with van der Waals surface area (Å²) in [5, 5.41) is 8.76. The van der Waals surface area contributed by atoms with Crippen LogP contribution in [0.2, 0.25) is 0 Å². The third-order valence-corrected chi connectivity index (χ3v) is 3.66. The molecule has 0 saturated carbocycles. The van der Waals surface area contributed by atoms with Crippen molar-refractivity contribution in [2.45, 2.75) is 12.5 Å². The molecule has 1 aromatic carbocycles. The van der Waals surface area contributed by atoms with Gasteiger partial charge in [-0.05, 0) is 24.7 Å². The number of benzene rings is 1. The Morgan fingerprint density at radius 1 is 1.48 bits per heavy atom. The molecule has 1 fully saturated rings. The number of amides is 1. The molecule has 2 rings (SSSR count). The van der Waals surface area contributed by atoms with Crippen molar-refractivity contribution in [3.63, 3.8) is 0 Å². The van der Waals surface area contributed by atoms with E-state index >= 15 is 0 Å². The highest BCUT2D eigenvalue weighted by molar-refractivity contribution is 5.78. The highest BCUT2D eigenvalue weighted by Gasteiger charge is 2.25. The number of hydrogen-bond donors (Lipinski definition) is 1. The summed E-state index contributed by atoms with van der Waals surface area (Å²) < 4.78 is 18.8. The van der Waals surface area contributed by atoms with E-state index < -0.39 is 5.97 Å². The van der Waals surface area contributed by atoms with Gasteiger partial charge in [0, 0.05) is 19.6 Å². The van der Waals surface area contributed by atoms with Crippen LogP contribution in [0.15, 0.2) is 24.3 Å². The van der Waals surface area contributed by atoms with E-state index in [-0.39, 0.29) is 30.8 Å². The maximum atomic E-state index is 13.2. The Labute approximate surface area is 134 Å². The van der Waals surface area contributed by atoms with Gasteiger partial charge in [-0.1, -0.05) is 12.1 Å². The number of ether oxygens (including phenoxy) is 1. The Kier molecular flexibility index (Phi) is 6.06. The third kappa shape index (κ3) is 5.61. The molecule has 1 saturated heterocycles. The molecule has 1 heterocycles. The standard InChI is InChI=1S/C16H21FN2O4/c1-18(11-16(21)22)9-14-10-19(5-6-23-14)15(20)8-12-3-2-4-13(17)7-12/h2-4,7,14H,5-6,8-11H2,1H3,(H,21,22). The Hall–Kier alpha value is -1.99. The number of nitrogens with zero attached hydrogens (tertiary/aromatic N) is 2. The number of rotatable bonds is 6. The molecule has 1 unspecified atom stereocenters. The zero-order valence-electron chi connectivity index (χ0n) is 13.1. The second-order valence-corrected chi connectivity index (χ2v) is 5.73. The molecule has 1 aliphatic rings. The van der Waals surface area contributed by atoms with Crippen LogP contribution in [-0.4, -0.2) is 72.7 Å². The smallest absolute Gasteiger partial charge is 0.317 e. The van der Waals surface area contributed by atoms with Crippen molar-refractivity contribution in [1.82, 2.24) is 9.80 Å². The largest absolute Gasteiger partial charge is 0.480 e. The van der Waals surface area contributed by atoms with Gasteiger partial charge in [-0.3, -0.25) is 14.5 Å². The summed E-state index contributed by atoms with van der Waals surface area (Å²) in [5.41, 5.74) is 0.640. The van der Waals surface area contributed by atoms with E-state index in [1.807, 2.05) is 0 Å². The van der Waals surface area contributed by atoms with Crippen LogP contribution in [0, 0.1) is 5.82 Å². The first-order valence-corrected chi connectivity index (χ1v) is 7.48. The Balaban J connectivity index is 1.87. The molecular weight excluding hydrogens is 303 g/mol. The lowest BCUT2D eigenvalue weighted by Crippen LogP contribution is -2.50. The first kappa shape index (κ1) is 17.4. The van der Waals surface area contributed by atoms with Gasteiger partial charge in [0.1, 0.15) is 5.82 Å². The van der Waals surface area contributed by atoms with Crippen LogP contribution in [0.4, 0.5) is 4.39 Å². The minimum absolute atomic E-state index is 0.0723. The first-order chi connectivity index (χ1) is 10.9. The molecule has 0 aliphatic carbocycles. The van der Waals surface area contributed by atoms with Gasteiger partial charge in [-0.2, -0.15) is 0 Å². The Morgan fingerprint density at radius 3 is 2.96 bits per heavy atom. The van der Waals surface area contributed by atoms with Gasteiger partial charge in [-0.25, -0.2) is 4.39 Å². The van der Waals surface area contributed by atoms with Crippen LogP contribution in [0.3, 0.4) is 0 Å². The summed E-state index contributed by atoms with van der Waals surface area (Å²) in [6.45, 7) is 1.69. The number of carboxylic acid groups (broad SMARTS) is 1. The molecule has 1 N–H and O–H groups in total. The average Bonchev–Trinajstić information content (AvgIpc) is 2.46. The van der Waals surface area contributed by atoms with Crippen molar-refractivity contribution in [2.75, 3.05) is 39.8 Å². The first-order valence-electron chi connectivity index (χ1n) is 7.48. The minimum atomic E-state index is -0.901. The normalized spacial score (nSPS) is 18.2. The SMILES string of the molecule is CN(CC(=O)O)CC1CN(C(=O)Cc2cccc(F)c2)CCO1. The fourth-order valence-corrected chi connectivity index (χ4v) is 2.63. The monoisotopic (exact) mass is 324 g/mol. The van der Waals surface area contributed by atoms with Crippen LogP contribution < -0.4 is 0 Å². The number of halogens is 1. The lowest BCUT2D eigenvalue weighted by Gasteiger charge is -2.34. The molecule has 1 aliphatic heterocycles. The summed E-state index contributed by atoms with van der Waals surface area (Å²) >= 11 is 0. The topological polar surface area (TPSA) is 70.1 Å². The van der Waals surface area contributed by atoms with Crippen molar-refractivity contribution in [1.29, 1.82) is 0 Å². The quantitative estimate of drug-likeness (QED) is 0.830. The third-order valence-electron chi connectivity index (χ3n) is 3.66. The van der Waals surface area contributed by atoms with Crippen molar-refractivity contribution in [3.05, 3.63) is 35.6 Å². The van der Waals surface area contributed by atoms with E-state index in [0.717, 1.165) is 0 Å². The minimum Gasteiger partial charge on any atom is -0.480 e. The second kappa shape index (κ2) is 8.03.